The molecule has 0 fully saturated rings. The second kappa shape index (κ2) is 9.22. The van der Waals surface area contributed by atoms with Crippen LogP contribution in [0.25, 0.3) is 88.1 Å². The van der Waals surface area contributed by atoms with Crippen LogP contribution in [0.5, 0.6) is 0 Å². The second-order valence-electron chi connectivity index (χ2n) is 11.8. The second-order valence-corrected chi connectivity index (χ2v) is 11.8. The Balaban J connectivity index is 1.13. The third-order valence-corrected chi connectivity index (χ3v) is 9.32. The van der Waals surface area contributed by atoms with Gasteiger partial charge in [-0.15, -0.1) is 0 Å². The van der Waals surface area contributed by atoms with Gasteiger partial charge in [0.1, 0.15) is 5.58 Å². The van der Waals surface area contributed by atoms with Crippen molar-refractivity contribution in [3.8, 4) is 22.5 Å². The van der Waals surface area contributed by atoms with E-state index in [1.54, 1.807) is 0 Å². The fourth-order valence-electron chi connectivity index (χ4n) is 7.25. The summed E-state index contributed by atoms with van der Waals surface area (Å²) in [6, 6.07) is 56.5. The molecular weight excluding hydrogens is 548 g/mol. The predicted octanol–water partition coefficient (Wildman–Crippen LogP) is 11.4. The van der Waals surface area contributed by atoms with E-state index in [1.165, 1.54) is 49.1 Å². The largest absolute Gasteiger partial charge is 0.439 e. The van der Waals surface area contributed by atoms with Gasteiger partial charge in [-0.3, -0.25) is 4.57 Å². The van der Waals surface area contributed by atoms with Gasteiger partial charge in [-0.1, -0.05) is 103 Å². The van der Waals surface area contributed by atoms with Crippen LogP contribution in [0.1, 0.15) is 0 Å². The fraction of sp³-hybridized carbons (Fsp3) is 0. The van der Waals surface area contributed by atoms with Crippen LogP contribution in [-0.2, 0) is 0 Å². The quantitative estimate of drug-likeness (QED) is 0.206. The van der Waals surface area contributed by atoms with E-state index in [4.69, 9.17) is 4.42 Å². The summed E-state index contributed by atoms with van der Waals surface area (Å²) in [4.78, 5) is 0. The molecule has 0 spiro atoms. The van der Waals surface area contributed by atoms with E-state index >= 15 is 0 Å². The van der Waals surface area contributed by atoms with Crippen LogP contribution in [-0.4, -0.2) is 9.13 Å². The zero-order valence-electron chi connectivity index (χ0n) is 24.3. The van der Waals surface area contributed by atoms with Crippen molar-refractivity contribution in [2.45, 2.75) is 0 Å². The number of rotatable bonds is 3. The van der Waals surface area contributed by atoms with Crippen molar-refractivity contribution in [3.05, 3.63) is 158 Å². The van der Waals surface area contributed by atoms with Gasteiger partial charge in [0.2, 0.25) is 5.71 Å². The predicted molar refractivity (Wildman–Crippen MR) is 188 cm³/mol. The van der Waals surface area contributed by atoms with Gasteiger partial charge in [0.25, 0.3) is 0 Å². The van der Waals surface area contributed by atoms with E-state index < -0.39 is 0 Å². The highest BCUT2D eigenvalue weighted by Gasteiger charge is 2.20. The van der Waals surface area contributed by atoms with E-state index in [0.29, 0.717) is 0 Å². The van der Waals surface area contributed by atoms with Crippen molar-refractivity contribution in [3.63, 3.8) is 0 Å². The Morgan fingerprint density at radius 3 is 1.69 bits per heavy atom. The molecule has 0 bridgehead atoms. The molecule has 3 heteroatoms. The van der Waals surface area contributed by atoms with Gasteiger partial charge in [0.15, 0.2) is 0 Å². The van der Waals surface area contributed by atoms with Gasteiger partial charge in [-0.25, -0.2) is 0 Å². The summed E-state index contributed by atoms with van der Waals surface area (Å²) < 4.78 is 11.3. The number of fused-ring (bicyclic) bond motifs is 9. The highest BCUT2D eigenvalue weighted by atomic mass is 16.3. The molecule has 210 valence electrons. The number of furan rings is 1. The molecule has 0 N–H and O–H groups in total. The maximum atomic E-state index is 6.64. The minimum Gasteiger partial charge on any atom is -0.439 e. The molecular formula is C42H26N2O. The first kappa shape index (κ1) is 24.4. The zero-order chi connectivity index (χ0) is 29.5. The number of aromatic nitrogens is 2. The number of nitrogens with zero attached hydrogens (tertiary/aromatic N) is 2. The summed E-state index contributed by atoms with van der Waals surface area (Å²) >= 11 is 0. The zero-order valence-corrected chi connectivity index (χ0v) is 24.3. The normalized spacial score (nSPS) is 12.0. The van der Waals surface area contributed by atoms with Gasteiger partial charge in [-0.05, 0) is 76.5 Å². The molecule has 0 saturated carbocycles. The highest BCUT2D eigenvalue weighted by Crippen LogP contribution is 2.41. The topological polar surface area (TPSA) is 23.0 Å². The first-order valence-corrected chi connectivity index (χ1v) is 15.4. The van der Waals surface area contributed by atoms with Crippen LogP contribution in [0.4, 0.5) is 0 Å². The Bertz CT molecular complexity index is 2700. The molecule has 10 aromatic rings. The van der Waals surface area contributed by atoms with Crippen molar-refractivity contribution in [2.75, 3.05) is 0 Å². The Labute approximate surface area is 258 Å². The van der Waals surface area contributed by atoms with Crippen LogP contribution in [0.2, 0.25) is 0 Å². The van der Waals surface area contributed by atoms with Crippen LogP contribution >= 0.6 is 0 Å². The molecule has 0 aliphatic rings. The van der Waals surface area contributed by atoms with E-state index in [0.717, 1.165) is 39.0 Å². The lowest BCUT2D eigenvalue weighted by molar-refractivity contribution is 0.645. The molecule has 0 atom stereocenters. The average molecular weight is 575 g/mol. The van der Waals surface area contributed by atoms with Crippen molar-refractivity contribution >= 4 is 65.6 Å². The van der Waals surface area contributed by atoms with Crippen molar-refractivity contribution < 1.29 is 4.42 Å². The molecule has 10 rings (SSSR count). The number of hydrogen-bond acceptors (Lipinski definition) is 1. The molecule has 3 heterocycles. The maximum Gasteiger partial charge on any atom is 0.213 e. The lowest BCUT2D eigenvalue weighted by Gasteiger charge is -2.09. The number of benzene rings is 7. The third kappa shape index (κ3) is 3.52. The number of para-hydroxylation sites is 3. The van der Waals surface area contributed by atoms with Gasteiger partial charge in [-0.2, -0.15) is 0 Å². The Hall–Kier alpha value is -6.06. The van der Waals surface area contributed by atoms with Gasteiger partial charge in [0.05, 0.1) is 21.9 Å². The first-order valence-electron chi connectivity index (χ1n) is 15.4. The minimum atomic E-state index is 0.875. The van der Waals surface area contributed by atoms with Crippen molar-refractivity contribution in [2.24, 2.45) is 0 Å². The average Bonchev–Trinajstić information content (AvgIpc) is 3.75. The monoisotopic (exact) mass is 574 g/mol. The first-order chi connectivity index (χ1) is 22.3. The summed E-state index contributed by atoms with van der Waals surface area (Å²) in [6.45, 7) is 0. The molecule has 0 aliphatic heterocycles. The molecule has 7 aromatic carbocycles. The van der Waals surface area contributed by atoms with Crippen molar-refractivity contribution in [1.82, 2.24) is 9.13 Å². The van der Waals surface area contributed by atoms with Gasteiger partial charge < -0.3 is 8.98 Å². The molecule has 0 saturated heterocycles. The molecule has 3 nitrogen and oxygen atoms in total. The third-order valence-electron chi connectivity index (χ3n) is 9.32. The smallest absolute Gasteiger partial charge is 0.213 e. The van der Waals surface area contributed by atoms with Gasteiger partial charge in [0, 0.05) is 32.9 Å². The maximum absolute atomic E-state index is 6.64. The molecule has 0 amide bonds. The molecule has 0 radical (unpaired) electrons. The Morgan fingerprint density at radius 1 is 0.378 bits per heavy atom. The lowest BCUT2D eigenvalue weighted by atomic mass is 10.0. The summed E-state index contributed by atoms with van der Waals surface area (Å²) in [5, 5.41) is 8.46. The molecule has 0 aliphatic carbocycles. The molecule has 3 aromatic heterocycles. The summed E-state index contributed by atoms with van der Waals surface area (Å²) in [5.74, 6) is 0. The Kier molecular flexibility index (Phi) is 5.00. The van der Waals surface area contributed by atoms with Crippen molar-refractivity contribution in [1.29, 1.82) is 0 Å². The molecule has 0 unspecified atom stereocenters. The minimum absolute atomic E-state index is 0.875. The van der Waals surface area contributed by atoms with Crippen LogP contribution < -0.4 is 0 Å². The lowest BCUT2D eigenvalue weighted by Crippen LogP contribution is -1.93. The van der Waals surface area contributed by atoms with Crippen LogP contribution in [0.15, 0.2) is 162 Å². The highest BCUT2D eigenvalue weighted by molar-refractivity contribution is 6.20. The van der Waals surface area contributed by atoms with Crippen LogP contribution in [0.3, 0.4) is 0 Å². The van der Waals surface area contributed by atoms with E-state index in [1.807, 2.05) is 0 Å². The van der Waals surface area contributed by atoms with E-state index in [9.17, 15) is 0 Å². The van der Waals surface area contributed by atoms with E-state index in [-0.39, 0.29) is 0 Å². The summed E-state index contributed by atoms with van der Waals surface area (Å²) in [7, 11) is 0. The number of hydrogen-bond donors (Lipinski definition) is 0. The van der Waals surface area contributed by atoms with Gasteiger partial charge >= 0.3 is 0 Å². The molecule has 45 heavy (non-hydrogen) atoms. The summed E-state index contributed by atoms with van der Waals surface area (Å²) in [5.41, 5.74) is 9.94. The Morgan fingerprint density at radius 2 is 0.956 bits per heavy atom. The SMILES string of the molecule is c1ccc2cc(-n3c4ccccc4c4c5cc(-c6ccc(-n7c8ccccc8c8ccccc87)cc6)ccc5oc43)ccc2c1. The summed E-state index contributed by atoms with van der Waals surface area (Å²) in [6.07, 6.45) is 0. The fourth-order valence-corrected chi connectivity index (χ4v) is 7.25. The van der Waals surface area contributed by atoms with Crippen LogP contribution in [0, 0.1) is 0 Å². The standard InChI is InChI=1S/C42H26N2O/c1-2-10-29-25-32(23-19-27(29)9-1)44-39-16-8-5-13-35(39)41-36-26-30(20-24-40(36)45-42(41)44)28-17-21-31(22-18-28)43-37-14-6-3-11-33(37)34-12-4-7-15-38(34)43/h1-26H. The van der Waals surface area contributed by atoms with E-state index in [2.05, 4.69) is 167 Å².